The minimum Gasteiger partial charge on any atom is -0.399 e. The number of rotatable bonds is 2. The lowest BCUT2D eigenvalue weighted by Gasteiger charge is -2.04. The van der Waals surface area contributed by atoms with Crippen LogP contribution in [-0.2, 0) is 0 Å². The maximum Gasteiger partial charge on any atom is 0.195 e. The number of anilines is 2. The van der Waals surface area contributed by atoms with Gasteiger partial charge in [-0.25, -0.2) is 0 Å². The molecular weight excluding hydrogens is 250 g/mol. The van der Waals surface area contributed by atoms with E-state index in [1.54, 1.807) is 24.4 Å². The minimum atomic E-state index is -0.0791. The molecule has 0 amide bonds. The van der Waals surface area contributed by atoms with Crippen LogP contribution in [-0.4, -0.2) is 10.8 Å². The van der Waals surface area contributed by atoms with Gasteiger partial charge in [0, 0.05) is 39.6 Å². The zero-order valence-electron chi connectivity index (χ0n) is 11.1. The first-order chi connectivity index (χ1) is 9.56. The number of hydrogen-bond donors (Lipinski definition) is 3. The van der Waals surface area contributed by atoms with E-state index < -0.39 is 0 Å². The number of carbonyl (C=O) groups is 1. The highest BCUT2D eigenvalue weighted by molar-refractivity contribution is 6.17. The number of aryl methyl sites for hydroxylation is 1. The number of nitrogen functional groups attached to an aromatic ring is 2. The maximum atomic E-state index is 12.6. The highest BCUT2D eigenvalue weighted by Gasteiger charge is 2.16. The first kappa shape index (κ1) is 12.3. The maximum absolute atomic E-state index is 12.6. The third-order valence-corrected chi connectivity index (χ3v) is 3.40. The third kappa shape index (κ3) is 1.91. The van der Waals surface area contributed by atoms with E-state index in [1.807, 2.05) is 25.1 Å². The van der Waals surface area contributed by atoms with Crippen molar-refractivity contribution in [1.82, 2.24) is 4.98 Å². The van der Waals surface area contributed by atoms with Crippen molar-refractivity contribution < 1.29 is 4.79 Å². The van der Waals surface area contributed by atoms with Crippen LogP contribution in [0.5, 0.6) is 0 Å². The van der Waals surface area contributed by atoms with Crippen molar-refractivity contribution in [2.75, 3.05) is 11.5 Å². The standard InChI is InChI=1S/C16H15N3O/c1-9-3-2-4-14-15(9)13(8-19-14)16(20)10-5-11(17)7-12(18)6-10/h2-8,19H,17-18H2,1H3. The van der Waals surface area contributed by atoms with Crippen molar-refractivity contribution in [2.24, 2.45) is 0 Å². The Morgan fingerprint density at radius 2 is 1.80 bits per heavy atom. The molecule has 0 bridgehead atoms. The predicted molar refractivity (Wildman–Crippen MR) is 81.7 cm³/mol. The summed E-state index contributed by atoms with van der Waals surface area (Å²) in [7, 11) is 0. The summed E-state index contributed by atoms with van der Waals surface area (Å²) < 4.78 is 0. The number of hydrogen-bond acceptors (Lipinski definition) is 3. The van der Waals surface area contributed by atoms with Gasteiger partial charge in [-0.2, -0.15) is 0 Å². The zero-order valence-corrected chi connectivity index (χ0v) is 11.1. The van der Waals surface area contributed by atoms with E-state index in [2.05, 4.69) is 4.98 Å². The second kappa shape index (κ2) is 4.42. The van der Waals surface area contributed by atoms with Gasteiger partial charge in [-0.3, -0.25) is 4.79 Å². The molecule has 0 spiro atoms. The quantitative estimate of drug-likeness (QED) is 0.492. The molecule has 0 fully saturated rings. The summed E-state index contributed by atoms with van der Waals surface area (Å²) in [6.45, 7) is 1.99. The molecule has 4 nitrogen and oxygen atoms in total. The summed E-state index contributed by atoms with van der Waals surface area (Å²) >= 11 is 0. The fourth-order valence-electron chi connectivity index (χ4n) is 2.51. The molecule has 0 saturated carbocycles. The van der Waals surface area contributed by atoms with Crippen LogP contribution in [0.4, 0.5) is 11.4 Å². The van der Waals surface area contributed by atoms with Gasteiger partial charge in [-0.05, 0) is 36.8 Å². The molecule has 2 aromatic carbocycles. The summed E-state index contributed by atoms with van der Waals surface area (Å²) in [6.07, 6.45) is 1.74. The fraction of sp³-hybridized carbons (Fsp3) is 0.0625. The Balaban J connectivity index is 2.18. The Morgan fingerprint density at radius 1 is 1.10 bits per heavy atom. The van der Waals surface area contributed by atoms with E-state index in [4.69, 9.17) is 11.5 Å². The molecule has 1 heterocycles. The molecule has 3 rings (SSSR count). The Kier molecular flexibility index (Phi) is 2.71. The minimum absolute atomic E-state index is 0.0791. The molecular formula is C16H15N3O. The van der Waals surface area contributed by atoms with Crippen LogP contribution < -0.4 is 11.5 Å². The van der Waals surface area contributed by atoms with E-state index >= 15 is 0 Å². The predicted octanol–water partition coefficient (Wildman–Crippen LogP) is 2.87. The third-order valence-electron chi connectivity index (χ3n) is 3.40. The van der Waals surface area contributed by atoms with Gasteiger partial charge in [0.25, 0.3) is 0 Å². The average molecular weight is 265 g/mol. The van der Waals surface area contributed by atoms with Crippen molar-refractivity contribution in [3.8, 4) is 0 Å². The average Bonchev–Trinajstić information content (AvgIpc) is 2.82. The van der Waals surface area contributed by atoms with Gasteiger partial charge < -0.3 is 16.5 Å². The number of fused-ring (bicyclic) bond motifs is 1. The van der Waals surface area contributed by atoms with Gasteiger partial charge >= 0.3 is 0 Å². The highest BCUT2D eigenvalue weighted by atomic mass is 16.1. The van der Waals surface area contributed by atoms with Crippen LogP contribution in [0.3, 0.4) is 0 Å². The number of benzene rings is 2. The summed E-state index contributed by atoms with van der Waals surface area (Å²) in [6, 6.07) is 10.8. The second-order valence-electron chi connectivity index (χ2n) is 4.92. The van der Waals surface area contributed by atoms with E-state index in [9.17, 15) is 4.79 Å². The Hall–Kier alpha value is -2.75. The van der Waals surface area contributed by atoms with Crippen LogP contribution in [0.2, 0.25) is 0 Å². The monoisotopic (exact) mass is 265 g/mol. The van der Waals surface area contributed by atoms with E-state index in [0.29, 0.717) is 22.5 Å². The van der Waals surface area contributed by atoms with Gasteiger partial charge in [0.1, 0.15) is 0 Å². The fourth-order valence-corrected chi connectivity index (χ4v) is 2.51. The number of carbonyl (C=O) groups excluding carboxylic acids is 1. The topological polar surface area (TPSA) is 84.9 Å². The molecule has 1 aromatic heterocycles. The number of aromatic nitrogens is 1. The molecule has 0 aliphatic rings. The van der Waals surface area contributed by atoms with Crippen LogP contribution in [0.15, 0.2) is 42.6 Å². The number of ketones is 1. The summed E-state index contributed by atoms with van der Waals surface area (Å²) in [4.78, 5) is 15.8. The summed E-state index contributed by atoms with van der Waals surface area (Å²) in [5.74, 6) is -0.0791. The van der Waals surface area contributed by atoms with Crippen molar-refractivity contribution in [3.63, 3.8) is 0 Å². The van der Waals surface area contributed by atoms with Gasteiger partial charge in [0.05, 0.1) is 0 Å². The summed E-state index contributed by atoms with van der Waals surface area (Å²) in [5.41, 5.74) is 15.6. The number of H-pyrrole nitrogens is 1. The van der Waals surface area contributed by atoms with Crippen molar-refractivity contribution in [3.05, 3.63) is 59.3 Å². The van der Waals surface area contributed by atoms with Crippen molar-refractivity contribution in [1.29, 1.82) is 0 Å². The van der Waals surface area contributed by atoms with Crippen molar-refractivity contribution in [2.45, 2.75) is 6.92 Å². The molecule has 5 N–H and O–H groups in total. The molecule has 0 atom stereocenters. The lowest BCUT2D eigenvalue weighted by molar-refractivity contribution is 0.104. The molecule has 0 unspecified atom stereocenters. The largest absolute Gasteiger partial charge is 0.399 e. The SMILES string of the molecule is Cc1cccc2[nH]cc(C(=O)c3cc(N)cc(N)c3)c12. The molecule has 100 valence electrons. The normalized spacial score (nSPS) is 10.8. The van der Waals surface area contributed by atoms with Crippen LogP contribution in [0, 0.1) is 6.92 Å². The molecule has 0 saturated heterocycles. The Morgan fingerprint density at radius 3 is 2.50 bits per heavy atom. The molecule has 0 aliphatic heterocycles. The first-order valence-electron chi connectivity index (χ1n) is 6.33. The number of aromatic amines is 1. The summed E-state index contributed by atoms with van der Waals surface area (Å²) in [5, 5.41) is 0.943. The highest BCUT2D eigenvalue weighted by Crippen LogP contribution is 2.25. The van der Waals surface area contributed by atoms with E-state index in [1.165, 1.54) is 0 Å². The lowest BCUT2D eigenvalue weighted by atomic mass is 9.99. The molecule has 20 heavy (non-hydrogen) atoms. The van der Waals surface area contributed by atoms with Crippen LogP contribution >= 0.6 is 0 Å². The van der Waals surface area contributed by atoms with E-state index in [-0.39, 0.29) is 5.78 Å². The smallest absolute Gasteiger partial charge is 0.195 e. The van der Waals surface area contributed by atoms with Gasteiger partial charge in [0.2, 0.25) is 0 Å². The van der Waals surface area contributed by atoms with Gasteiger partial charge in [-0.15, -0.1) is 0 Å². The molecule has 4 heteroatoms. The lowest BCUT2D eigenvalue weighted by Crippen LogP contribution is -2.03. The van der Waals surface area contributed by atoms with Crippen LogP contribution in [0.25, 0.3) is 10.9 Å². The Bertz CT molecular complexity index is 797. The first-order valence-corrected chi connectivity index (χ1v) is 6.33. The van der Waals surface area contributed by atoms with E-state index in [0.717, 1.165) is 16.5 Å². The van der Waals surface area contributed by atoms with Crippen LogP contribution in [0.1, 0.15) is 21.5 Å². The number of nitrogens with one attached hydrogen (secondary N) is 1. The van der Waals surface area contributed by atoms with Gasteiger partial charge in [-0.1, -0.05) is 12.1 Å². The molecule has 0 radical (unpaired) electrons. The number of nitrogens with two attached hydrogens (primary N) is 2. The Labute approximate surface area is 116 Å². The van der Waals surface area contributed by atoms with Gasteiger partial charge in [0.15, 0.2) is 5.78 Å². The van der Waals surface area contributed by atoms with Crippen molar-refractivity contribution >= 4 is 28.1 Å². The molecule has 3 aromatic rings. The second-order valence-corrected chi connectivity index (χ2v) is 4.92. The zero-order chi connectivity index (χ0) is 14.3. The molecule has 0 aliphatic carbocycles.